The Balaban J connectivity index is 2.57. The van der Waals surface area contributed by atoms with Crippen LogP contribution in [0.25, 0.3) is 10.9 Å². The number of hydrazine groups is 1. The lowest BCUT2D eigenvalue weighted by molar-refractivity contribution is 0.903. The highest BCUT2D eigenvalue weighted by Crippen LogP contribution is 2.25. The third-order valence-electron chi connectivity index (χ3n) is 2.65. The highest BCUT2D eigenvalue weighted by molar-refractivity contribution is 5.84. The van der Waals surface area contributed by atoms with Gasteiger partial charge in [-0.3, -0.25) is 0 Å². The zero-order valence-corrected chi connectivity index (χ0v) is 9.25. The third-order valence-corrected chi connectivity index (χ3v) is 2.65. The number of H-pyrrole nitrogens is 1. The van der Waals surface area contributed by atoms with Crippen molar-refractivity contribution in [1.29, 1.82) is 0 Å². The first-order valence-electron chi connectivity index (χ1n) is 5.31. The van der Waals surface area contributed by atoms with Crippen LogP contribution >= 0.6 is 0 Å². The molecule has 0 spiro atoms. The molecule has 0 atom stereocenters. The van der Waals surface area contributed by atoms with Crippen LogP contribution in [0.15, 0.2) is 24.4 Å². The number of aryl methyl sites for hydroxylation is 1. The quantitative estimate of drug-likeness (QED) is 0.594. The zero-order valence-electron chi connectivity index (χ0n) is 9.25. The minimum Gasteiger partial charge on any atom is -0.361 e. The highest BCUT2D eigenvalue weighted by Gasteiger charge is 2.06. The van der Waals surface area contributed by atoms with Gasteiger partial charge in [0.2, 0.25) is 0 Å². The number of aromatic amines is 1. The van der Waals surface area contributed by atoms with Gasteiger partial charge in [0, 0.05) is 24.1 Å². The van der Waals surface area contributed by atoms with Crippen LogP contribution in [0, 0.1) is 0 Å². The number of nitrogens with two attached hydrogens (primary N) is 1. The number of nitrogens with zero attached hydrogens (tertiary/aromatic N) is 1. The normalized spacial score (nSPS) is 10.9. The summed E-state index contributed by atoms with van der Waals surface area (Å²) in [6.07, 6.45) is 4.15. The van der Waals surface area contributed by atoms with Gasteiger partial charge in [-0.1, -0.05) is 13.3 Å². The summed E-state index contributed by atoms with van der Waals surface area (Å²) in [5.74, 6) is 5.83. The summed E-state index contributed by atoms with van der Waals surface area (Å²) >= 11 is 0. The van der Waals surface area contributed by atoms with Gasteiger partial charge < -0.3 is 9.99 Å². The molecule has 15 heavy (non-hydrogen) atoms. The van der Waals surface area contributed by atoms with Crippen LogP contribution in [0.5, 0.6) is 0 Å². The number of anilines is 1. The van der Waals surface area contributed by atoms with Crippen molar-refractivity contribution in [2.45, 2.75) is 19.8 Å². The number of fused-ring (bicyclic) bond motifs is 1. The number of benzene rings is 1. The lowest BCUT2D eigenvalue weighted by atomic mass is 10.1. The van der Waals surface area contributed by atoms with Crippen LogP contribution in [0.1, 0.15) is 18.9 Å². The summed E-state index contributed by atoms with van der Waals surface area (Å²) in [4.78, 5) is 3.23. The maximum Gasteiger partial charge on any atom is 0.0553 e. The molecule has 0 saturated heterocycles. The van der Waals surface area contributed by atoms with Crippen molar-refractivity contribution in [1.82, 2.24) is 4.98 Å². The van der Waals surface area contributed by atoms with Gasteiger partial charge >= 0.3 is 0 Å². The van der Waals surface area contributed by atoms with E-state index in [9.17, 15) is 0 Å². The number of nitrogens with one attached hydrogen (secondary N) is 1. The first kappa shape index (κ1) is 10.1. The monoisotopic (exact) mass is 203 g/mol. The van der Waals surface area contributed by atoms with E-state index in [1.807, 2.05) is 13.2 Å². The predicted molar refractivity (Wildman–Crippen MR) is 64.9 cm³/mol. The molecule has 3 nitrogen and oxygen atoms in total. The van der Waals surface area contributed by atoms with E-state index < -0.39 is 0 Å². The van der Waals surface area contributed by atoms with E-state index >= 15 is 0 Å². The van der Waals surface area contributed by atoms with Crippen molar-refractivity contribution < 1.29 is 0 Å². The Bertz CT molecular complexity index is 457. The molecular weight excluding hydrogens is 186 g/mol. The average Bonchev–Trinajstić information content (AvgIpc) is 2.63. The van der Waals surface area contributed by atoms with E-state index in [0.29, 0.717) is 0 Å². The summed E-state index contributed by atoms with van der Waals surface area (Å²) in [7, 11) is 1.88. The maximum absolute atomic E-state index is 5.83. The molecule has 1 aromatic heterocycles. The van der Waals surface area contributed by atoms with E-state index in [-0.39, 0.29) is 0 Å². The maximum atomic E-state index is 5.83. The molecule has 2 rings (SSSR count). The second-order valence-corrected chi connectivity index (χ2v) is 3.91. The van der Waals surface area contributed by atoms with Crippen molar-refractivity contribution in [3.05, 3.63) is 30.0 Å². The second kappa shape index (κ2) is 3.95. The summed E-state index contributed by atoms with van der Waals surface area (Å²) in [5, 5.41) is 2.90. The van der Waals surface area contributed by atoms with Crippen LogP contribution in [-0.4, -0.2) is 12.0 Å². The van der Waals surface area contributed by atoms with Crippen LogP contribution < -0.4 is 10.9 Å². The first-order chi connectivity index (χ1) is 7.22. The van der Waals surface area contributed by atoms with Crippen molar-refractivity contribution in [2.24, 2.45) is 5.84 Å². The van der Waals surface area contributed by atoms with Gasteiger partial charge in [0.05, 0.1) is 5.69 Å². The molecule has 3 heteroatoms. The molecule has 0 amide bonds. The van der Waals surface area contributed by atoms with Crippen molar-refractivity contribution >= 4 is 16.6 Å². The summed E-state index contributed by atoms with van der Waals surface area (Å²) < 4.78 is 0. The van der Waals surface area contributed by atoms with Gasteiger partial charge in [-0.05, 0) is 30.2 Å². The molecule has 80 valence electrons. The Labute approximate surface area is 89.9 Å². The number of aromatic nitrogens is 1. The second-order valence-electron chi connectivity index (χ2n) is 3.91. The van der Waals surface area contributed by atoms with E-state index in [1.54, 1.807) is 5.01 Å². The molecule has 0 aliphatic heterocycles. The number of hydrogen-bond acceptors (Lipinski definition) is 2. The fourth-order valence-corrected chi connectivity index (χ4v) is 1.93. The Kier molecular flexibility index (Phi) is 2.64. The fraction of sp³-hybridized carbons (Fsp3) is 0.333. The SMILES string of the molecule is CCCc1cc2[nH]ccc2cc1N(C)N. The van der Waals surface area contributed by atoms with Crippen molar-refractivity contribution in [3.8, 4) is 0 Å². The van der Waals surface area contributed by atoms with Gasteiger partial charge in [0.25, 0.3) is 0 Å². The molecule has 0 aliphatic carbocycles. The lowest BCUT2D eigenvalue weighted by Gasteiger charge is -2.17. The summed E-state index contributed by atoms with van der Waals surface area (Å²) in [6.45, 7) is 2.18. The van der Waals surface area contributed by atoms with Gasteiger partial charge in [-0.2, -0.15) is 0 Å². The van der Waals surface area contributed by atoms with E-state index in [1.165, 1.54) is 16.5 Å². The molecule has 1 aromatic carbocycles. The molecule has 3 N–H and O–H groups in total. The topological polar surface area (TPSA) is 45.0 Å². The Morgan fingerprint density at radius 3 is 2.87 bits per heavy atom. The van der Waals surface area contributed by atoms with E-state index in [4.69, 9.17) is 5.84 Å². The van der Waals surface area contributed by atoms with Crippen LogP contribution in [0.3, 0.4) is 0 Å². The molecule has 0 unspecified atom stereocenters. The summed E-state index contributed by atoms with van der Waals surface area (Å²) in [5.41, 5.74) is 3.60. The molecule has 0 bridgehead atoms. The summed E-state index contributed by atoms with van der Waals surface area (Å²) in [6, 6.07) is 6.40. The zero-order chi connectivity index (χ0) is 10.8. The fourth-order valence-electron chi connectivity index (χ4n) is 1.93. The number of rotatable bonds is 3. The van der Waals surface area contributed by atoms with Crippen molar-refractivity contribution in [2.75, 3.05) is 12.1 Å². The lowest BCUT2D eigenvalue weighted by Crippen LogP contribution is -2.26. The third kappa shape index (κ3) is 1.83. The molecule has 0 saturated carbocycles. The van der Waals surface area contributed by atoms with Gasteiger partial charge in [-0.15, -0.1) is 0 Å². The largest absolute Gasteiger partial charge is 0.361 e. The molecule has 0 aliphatic rings. The van der Waals surface area contributed by atoms with E-state index in [0.717, 1.165) is 18.5 Å². The predicted octanol–water partition coefficient (Wildman–Crippen LogP) is 2.43. The highest BCUT2D eigenvalue weighted by atomic mass is 15.4. The Morgan fingerprint density at radius 2 is 2.20 bits per heavy atom. The molecular formula is C12H17N3. The average molecular weight is 203 g/mol. The molecule has 0 fully saturated rings. The molecule has 1 heterocycles. The van der Waals surface area contributed by atoms with Gasteiger partial charge in [0.1, 0.15) is 0 Å². The smallest absolute Gasteiger partial charge is 0.0553 e. The van der Waals surface area contributed by atoms with Crippen LogP contribution in [0.4, 0.5) is 5.69 Å². The first-order valence-corrected chi connectivity index (χ1v) is 5.31. The standard InChI is InChI=1S/C12H17N3/c1-3-4-10-7-11-9(5-6-14-11)8-12(10)15(2)13/h5-8,14H,3-4,13H2,1-2H3. The molecule has 0 radical (unpaired) electrons. The Hall–Kier alpha value is -1.48. The number of hydrogen-bond donors (Lipinski definition) is 2. The van der Waals surface area contributed by atoms with Gasteiger partial charge in [0.15, 0.2) is 0 Å². The minimum absolute atomic E-state index is 1.06. The van der Waals surface area contributed by atoms with Crippen LogP contribution in [0.2, 0.25) is 0 Å². The van der Waals surface area contributed by atoms with Gasteiger partial charge in [-0.25, -0.2) is 5.84 Å². The van der Waals surface area contributed by atoms with Crippen molar-refractivity contribution in [3.63, 3.8) is 0 Å². The van der Waals surface area contributed by atoms with Crippen LogP contribution in [-0.2, 0) is 6.42 Å². The molecule has 2 aromatic rings. The Morgan fingerprint density at radius 1 is 1.40 bits per heavy atom. The van der Waals surface area contributed by atoms with E-state index in [2.05, 4.69) is 30.1 Å². The minimum atomic E-state index is 1.06.